The van der Waals surface area contributed by atoms with Crippen LogP contribution >= 0.6 is 11.8 Å². The minimum atomic E-state index is -1.28. The van der Waals surface area contributed by atoms with Crippen LogP contribution in [0.4, 0.5) is 5.69 Å². The van der Waals surface area contributed by atoms with Gasteiger partial charge in [-0.05, 0) is 17.9 Å². The predicted molar refractivity (Wildman–Crippen MR) is 56.5 cm³/mol. The second-order valence-corrected chi connectivity index (χ2v) is 3.95. The van der Waals surface area contributed by atoms with Crippen molar-refractivity contribution < 1.29 is 14.8 Å². The Morgan fingerprint density at radius 2 is 2.27 bits per heavy atom. The summed E-state index contributed by atoms with van der Waals surface area (Å²) in [6, 6.07) is 4.30. The lowest BCUT2D eigenvalue weighted by atomic mass is 10.2. The second-order valence-electron chi connectivity index (χ2n) is 2.65. The molecule has 1 aromatic carbocycles. The molecule has 0 radical (unpaired) electrons. The predicted octanol–water partition coefficient (Wildman–Crippen LogP) is 2.41. The number of aromatic carboxylic acids is 1. The van der Waals surface area contributed by atoms with E-state index in [-0.39, 0.29) is 11.3 Å². The average molecular weight is 227 g/mol. The number of rotatable bonds is 4. The van der Waals surface area contributed by atoms with Gasteiger partial charge in [-0.25, -0.2) is 4.79 Å². The Labute approximate surface area is 90.3 Å². The van der Waals surface area contributed by atoms with Crippen LogP contribution in [0.5, 0.6) is 0 Å². The van der Waals surface area contributed by atoms with Crippen LogP contribution in [-0.2, 0) is 0 Å². The standard InChI is InChI=1S/C9H9NO4S/c1-2-15-7-5-3-4-6(9(11)12)8(7)10(13)14/h3-5H,2H2,1H3,(H,11,12). The third kappa shape index (κ3) is 2.47. The molecule has 1 N–H and O–H groups in total. The van der Waals surface area contributed by atoms with Gasteiger partial charge in [0, 0.05) is 0 Å². The summed E-state index contributed by atoms with van der Waals surface area (Å²) >= 11 is 1.26. The van der Waals surface area contributed by atoms with Gasteiger partial charge >= 0.3 is 5.97 Å². The Morgan fingerprint density at radius 3 is 2.73 bits per heavy atom. The van der Waals surface area contributed by atoms with Crippen LogP contribution in [-0.4, -0.2) is 21.8 Å². The molecule has 1 rings (SSSR count). The largest absolute Gasteiger partial charge is 0.477 e. The molecule has 6 heteroatoms. The molecule has 0 saturated heterocycles. The van der Waals surface area contributed by atoms with Crippen molar-refractivity contribution in [2.24, 2.45) is 0 Å². The first kappa shape index (κ1) is 11.5. The van der Waals surface area contributed by atoms with E-state index in [0.29, 0.717) is 10.6 Å². The van der Waals surface area contributed by atoms with Gasteiger partial charge in [-0.15, -0.1) is 11.8 Å². The Bertz CT molecular complexity index is 405. The topological polar surface area (TPSA) is 80.4 Å². The molecule has 0 saturated carbocycles. The number of hydrogen-bond acceptors (Lipinski definition) is 4. The average Bonchev–Trinajstić information content (AvgIpc) is 2.17. The Kier molecular flexibility index (Phi) is 3.68. The fourth-order valence-corrected chi connectivity index (χ4v) is 1.96. The summed E-state index contributed by atoms with van der Waals surface area (Å²) in [7, 11) is 0. The molecule has 0 fully saturated rings. The zero-order chi connectivity index (χ0) is 11.4. The molecule has 1 aromatic rings. The number of benzene rings is 1. The van der Waals surface area contributed by atoms with Crippen LogP contribution < -0.4 is 0 Å². The summed E-state index contributed by atoms with van der Waals surface area (Å²) in [6.07, 6.45) is 0. The van der Waals surface area contributed by atoms with Gasteiger partial charge in [-0.3, -0.25) is 10.1 Å². The highest BCUT2D eigenvalue weighted by atomic mass is 32.2. The van der Waals surface area contributed by atoms with Crippen LogP contribution in [0, 0.1) is 10.1 Å². The highest BCUT2D eigenvalue weighted by Gasteiger charge is 2.23. The number of carboxylic acids is 1. The van der Waals surface area contributed by atoms with E-state index in [1.54, 1.807) is 6.07 Å². The number of nitro benzene ring substituents is 1. The number of carboxylic acid groups (broad SMARTS) is 1. The van der Waals surface area contributed by atoms with Crippen molar-refractivity contribution in [3.63, 3.8) is 0 Å². The molecule has 5 nitrogen and oxygen atoms in total. The molecule has 0 aliphatic carbocycles. The maximum absolute atomic E-state index is 10.8. The van der Waals surface area contributed by atoms with Gasteiger partial charge < -0.3 is 5.11 Å². The van der Waals surface area contributed by atoms with Gasteiger partial charge in [0.2, 0.25) is 0 Å². The molecular weight excluding hydrogens is 218 g/mol. The number of nitrogens with zero attached hydrogens (tertiary/aromatic N) is 1. The third-order valence-corrected chi connectivity index (χ3v) is 2.64. The van der Waals surface area contributed by atoms with Crippen molar-refractivity contribution in [3.8, 4) is 0 Å². The van der Waals surface area contributed by atoms with Crippen molar-refractivity contribution >= 4 is 23.4 Å². The molecule has 0 unspecified atom stereocenters. The van der Waals surface area contributed by atoms with E-state index in [1.165, 1.54) is 23.9 Å². The van der Waals surface area contributed by atoms with Crippen molar-refractivity contribution in [2.45, 2.75) is 11.8 Å². The highest BCUT2D eigenvalue weighted by Crippen LogP contribution is 2.31. The molecule has 0 bridgehead atoms. The summed E-state index contributed by atoms with van der Waals surface area (Å²) in [6.45, 7) is 1.85. The summed E-state index contributed by atoms with van der Waals surface area (Å²) in [5.41, 5.74) is -0.588. The Balaban J connectivity index is 3.34. The second kappa shape index (κ2) is 4.79. The number of carbonyl (C=O) groups is 1. The minimum absolute atomic E-state index is 0.265. The first-order valence-electron chi connectivity index (χ1n) is 4.21. The van der Waals surface area contributed by atoms with Gasteiger partial charge in [0.25, 0.3) is 5.69 Å². The van der Waals surface area contributed by atoms with Crippen molar-refractivity contribution in [3.05, 3.63) is 33.9 Å². The van der Waals surface area contributed by atoms with Gasteiger partial charge in [-0.1, -0.05) is 13.0 Å². The highest BCUT2D eigenvalue weighted by molar-refractivity contribution is 7.99. The molecule has 80 valence electrons. The molecular formula is C9H9NO4S. The molecule has 0 heterocycles. The number of thioether (sulfide) groups is 1. The number of para-hydroxylation sites is 1. The van der Waals surface area contributed by atoms with E-state index in [1.807, 2.05) is 6.92 Å². The lowest BCUT2D eigenvalue weighted by molar-refractivity contribution is -0.388. The molecule has 0 aliphatic rings. The van der Waals surface area contributed by atoms with Gasteiger partial charge in [0.05, 0.1) is 9.82 Å². The van der Waals surface area contributed by atoms with E-state index < -0.39 is 10.9 Å². The molecule has 15 heavy (non-hydrogen) atoms. The van der Waals surface area contributed by atoms with Crippen molar-refractivity contribution in [1.29, 1.82) is 0 Å². The monoisotopic (exact) mass is 227 g/mol. The normalized spacial score (nSPS) is 9.93. The van der Waals surface area contributed by atoms with Crippen LogP contribution in [0.1, 0.15) is 17.3 Å². The van der Waals surface area contributed by atoms with Crippen LogP contribution in [0.3, 0.4) is 0 Å². The first-order chi connectivity index (χ1) is 7.07. The zero-order valence-electron chi connectivity index (χ0n) is 7.97. The van der Waals surface area contributed by atoms with E-state index in [9.17, 15) is 14.9 Å². The maximum atomic E-state index is 10.8. The van der Waals surface area contributed by atoms with Gasteiger partial charge in [0.15, 0.2) is 0 Å². The zero-order valence-corrected chi connectivity index (χ0v) is 8.78. The molecule has 0 aliphatic heterocycles. The first-order valence-corrected chi connectivity index (χ1v) is 5.20. The molecule has 0 amide bonds. The van der Waals surface area contributed by atoms with Crippen LogP contribution in [0.2, 0.25) is 0 Å². The molecule has 0 atom stereocenters. The van der Waals surface area contributed by atoms with Gasteiger partial charge in [-0.2, -0.15) is 0 Å². The lowest BCUT2D eigenvalue weighted by Gasteiger charge is -2.03. The maximum Gasteiger partial charge on any atom is 0.342 e. The smallest absolute Gasteiger partial charge is 0.342 e. The summed E-state index contributed by atoms with van der Waals surface area (Å²) in [4.78, 5) is 21.3. The fourth-order valence-electron chi connectivity index (χ4n) is 1.16. The van der Waals surface area contributed by atoms with E-state index >= 15 is 0 Å². The molecule has 0 aromatic heterocycles. The van der Waals surface area contributed by atoms with E-state index in [0.717, 1.165) is 0 Å². The van der Waals surface area contributed by atoms with Crippen LogP contribution in [0.15, 0.2) is 23.1 Å². The van der Waals surface area contributed by atoms with Gasteiger partial charge in [0.1, 0.15) is 5.56 Å². The summed E-state index contributed by atoms with van der Waals surface area (Å²) in [5.74, 6) is -0.621. The number of hydrogen-bond donors (Lipinski definition) is 1. The quantitative estimate of drug-likeness (QED) is 0.485. The SMILES string of the molecule is CCSc1cccc(C(=O)O)c1[N+](=O)[O-]. The third-order valence-electron chi connectivity index (χ3n) is 1.71. The fraction of sp³-hybridized carbons (Fsp3) is 0.222. The van der Waals surface area contributed by atoms with Crippen molar-refractivity contribution in [2.75, 3.05) is 5.75 Å². The minimum Gasteiger partial charge on any atom is -0.477 e. The summed E-state index contributed by atoms with van der Waals surface area (Å²) < 4.78 is 0. The lowest BCUT2D eigenvalue weighted by Crippen LogP contribution is -2.03. The van der Waals surface area contributed by atoms with Crippen molar-refractivity contribution in [1.82, 2.24) is 0 Å². The Morgan fingerprint density at radius 1 is 1.60 bits per heavy atom. The Hall–Kier alpha value is -1.56. The van der Waals surface area contributed by atoms with E-state index in [4.69, 9.17) is 5.11 Å². The molecule has 0 spiro atoms. The number of nitro groups is 1. The summed E-state index contributed by atoms with van der Waals surface area (Å²) in [5, 5.41) is 19.5. The van der Waals surface area contributed by atoms with Crippen LogP contribution in [0.25, 0.3) is 0 Å². The van der Waals surface area contributed by atoms with E-state index in [2.05, 4.69) is 0 Å².